The molecule has 0 saturated carbocycles. The highest BCUT2D eigenvalue weighted by atomic mass is 35.5. The number of hydrogen-bond donors (Lipinski definition) is 2. The van der Waals surface area contributed by atoms with E-state index < -0.39 is 0 Å². The van der Waals surface area contributed by atoms with Gasteiger partial charge in [0.15, 0.2) is 5.82 Å². The van der Waals surface area contributed by atoms with E-state index in [-0.39, 0.29) is 11.5 Å². The van der Waals surface area contributed by atoms with Crippen LogP contribution in [0.15, 0.2) is 66.9 Å². The topological polar surface area (TPSA) is 57.8 Å². The molecule has 0 amide bonds. The average Bonchev–Trinajstić information content (AvgIpc) is 2.95. The quantitative estimate of drug-likeness (QED) is 0.556. The lowest BCUT2D eigenvalue weighted by molar-refractivity contribution is 0.477. The van der Waals surface area contributed by atoms with Gasteiger partial charge in [-0.1, -0.05) is 35.9 Å². The van der Waals surface area contributed by atoms with E-state index in [4.69, 9.17) is 11.6 Å². The highest BCUT2D eigenvalue weighted by molar-refractivity contribution is 6.33. The molecule has 2 aromatic carbocycles. The number of aromatic hydroxyl groups is 2. The molecular formula is C19H13ClN2O2. The maximum atomic E-state index is 10.3. The predicted octanol–water partition coefficient (Wildman–Crippen LogP) is 4.73. The number of fused-ring (bicyclic) bond motifs is 1. The summed E-state index contributed by atoms with van der Waals surface area (Å²) in [5, 5.41) is 20.9. The van der Waals surface area contributed by atoms with Gasteiger partial charge in [0.2, 0.25) is 0 Å². The fraction of sp³-hybridized carbons (Fsp3) is 0. The number of rotatable bonds is 2. The first kappa shape index (κ1) is 14.6. The van der Waals surface area contributed by atoms with Gasteiger partial charge in [0, 0.05) is 11.8 Å². The Labute approximate surface area is 143 Å². The SMILES string of the molecule is Oc1ccccc1-c1nc(-c2c(O)cccc2Cl)n2ccccc12. The van der Waals surface area contributed by atoms with Gasteiger partial charge in [0.05, 0.1) is 16.1 Å². The van der Waals surface area contributed by atoms with Crippen LogP contribution in [-0.4, -0.2) is 19.6 Å². The van der Waals surface area contributed by atoms with Crippen molar-refractivity contribution < 1.29 is 10.2 Å². The monoisotopic (exact) mass is 336 g/mol. The first-order chi connectivity index (χ1) is 11.7. The maximum absolute atomic E-state index is 10.3. The molecule has 4 rings (SSSR count). The fourth-order valence-electron chi connectivity index (χ4n) is 2.82. The van der Waals surface area contributed by atoms with Gasteiger partial charge in [-0.15, -0.1) is 0 Å². The summed E-state index contributed by atoms with van der Waals surface area (Å²) in [5.74, 6) is 0.727. The minimum atomic E-state index is 0.0575. The van der Waals surface area contributed by atoms with Crippen LogP contribution in [0, 0.1) is 0 Å². The molecule has 0 aliphatic rings. The Morgan fingerprint density at radius 3 is 2.38 bits per heavy atom. The molecule has 0 aliphatic carbocycles. The van der Waals surface area contributed by atoms with E-state index in [1.165, 1.54) is 0 Å². The number of nitrogens with zero attached hydrogens (tertiary/aromatic N) is 2. The van der Waals surface area contributed by atoms with Crippen molar-refractivity contribution in [1.82, 2.24) is 9.38 Å². The van der Waals surface area contributed by atoms with E-state index in [1.807, 2.05) is 34.9 Å². The standard InChI is InChI=1S/C19H13ClN2O2/c20-13-7-5-10-16(24)17(13)19-21-18(12-6-1-2-9-15(12)23)14-8-3-4-11-22(14)19/h1-11,23-24H. The number of pyridine rings is 1. The molecule has 0 spiro atoms. The average molecular weight is 337 g/mol. The molecule has 0 unspecified atom stereocenters. The van der Waals surface area contributed by atoms with Crippen LogP contribution in [0.2, 0.25) is 5.02 Å². The van der Waals surface area contributed by atoms with E-state index >= 15 is 0 Å². The van der Waals surface area contributed by atoms with Crippen LogP contribution in [-0.2, 0) is 0 Å². The Balaban J connectivity index is 2.08. The van der Waals surface area contributed by atoms with Crippen LogP contribution >= 0.6 is 11.6 Å². The van der Waals surface area contributed by atoms with E-state index in [0.717, 1.165) is 5.52 Å². The lowest BCUT2D eigenvalue weighted by Crippen LogP contribution is -1.89. The van der Waals surface area contributed by atoms with E-state index in [2.05, 4.69) is 4.98 Å². The maximum Gasteiger partial charge on any atom is 0.150 e. The summed E-state index contributed by atoms with van der Waals surface area (Å²) >= 11 is 6.29. The second kappa shape index (κ2) is 5.58. The highest BCUT2D eigenvalue weighted by Gasteiger charge is 2.19. The van der Waals surface area contributed by atoms with Crippen molar-refractivity contribution >= 4 is 17.1 Å². The molecule has 0 bridgehead atoms. The number of benzene rings is 2. The van der Waals surface area contributed by atoms with E-state index in [0.29, 0.717) is 27.7 Å². The summed E-state index contributed by atoms with van der Waals surface area (Å²) in [7, 11) is 0. The first-order valence-corrected chi connectivity index (χ1v) is 7.78. The van der Waals surface area contributed by atoms with E-state index in [9.17, 15) is 10.2 Å². The van der Waals surface area contributed by atoms with Crippen LogP contribution in [0.3, 0.4) is 0 Å². The number of imidazole rings is 1. The van der Waals surface area contributed by atoms with Crippen LogP contribution in [0.25, 0.3) is 28.2 Å². The molecule has 2 heterocycles. The summed E-state index contributed by atoms with van der Waals surface area (Å²) in [6.45, 7) is 0. The number of halogens is 1. The molecule has 24 heavy (non-hydrogen) atoms. The molecule has 2 N–H and O–H groups in total. The third-order valence-electron chi connectivity index (χ3n) is 3.92. The number of phenolic OH excluding ortho intramolecular Hbond substituents is 2. The Bertz CT molecular complexity index is 1040. The van der Waals surface area contributed by atoms with Crippen molar-refractivity contribution in [3.8, 4) is 34.1 Å². The summed E-state index contributed by atoms with van der Waals surface area (Å²) < 4.78 is 1.85. The zero-order valence-electron chi connectivity index (χ0n) is 12.5. The van der Waals surface area contributed by atoms with Gasteiger partial charge >= 0.3 is 0 Å². The molecular weight excluding hydrogens is 324 g/mol. The summed E-state index contributed by atoms with van der Waals surface area (Å²) in [5.41, 5.74) is 2.53. The summed E-state index contributed by atoms with van der Waals surface area (Å²) in [6.07, 6.45) is 1.85. The second-order valence-corrected chi connectivity index (χ2v) is 5.80. The minimum Gasteiger partial charge on any atom is -0.507 e. The Kier molecular flexibility index (Phi) is 3.40. The van der Waals surface area contributed by atoms with Crippen LogP contribution < -0.4 is 0 Å². The number of para-hydroxylation sites is 1. The molecule has 0 radical (unpaired) electrons. The van der Waals surface area contributed by atoms with Crippen molar-refractivity contribution in [3.05, 3.63) is 71.9 Å². The Hall–Kier alpha value is -2.98. The third-order valence-corrected chi connectivity index (χ3v) is 4.24. The zero-order chi connectivity index (χ0) is 16.7. The van der Waals surface area contributed by atoms with Gasteiger partial charge in [-0.05, 0) is 36.4 Å². The van der Waals surface area contributed by atoms with Gasteiger partial charge in [0.25, 0.3) is 0 Å². The van der Waals surface area contributed by atoms with Crippen LogP contribution in [0.4, 0.5) is 0 Å². The highest BCUT2D eigenvalue weighted by Crippen LogP contribution is 2.39. The van der Waals surface area contributed by atoms with Gasteiger partial charge in [-0.25, -0.2) is 4.98 Å². The van der Waals surface area contributed by atoms with Crippen LogP contribution in [0.5, 0.6) is 11.5 Å². The molecule has 2 aromatic heterocycles. The van der Waals surface area contributed by atoms with Gasteiger partial charge in [-0.2, -0.15) is 0 Å². The van der Waals surface area contributed by atoms with Gasteiger partial charge in [-0.3, -0.25) is 4.40 Å². The molecule has 0 fully saturated rings. The normalized spacial score (nSPS) is 11.0. The molecule has 4 aromatic rings. The molecule has 0 saturated heterocycles. The lowest BCUT2D eigenvalue weighted by Gasteiger charge is -2.05. The smallest absolute Gasteiger partial charge is 0.150 e. The predicted molar refractivity (Wildman–Crippen MR) is 94.4 cm³/mol. The number of aromatic nitrogens is 2. The fourth-order valence-corrected chi connectivity index (χ4v) is 3.07. The first-order valence-electron chi connectivity index (χ1n) is 7.40. The van der Waals surface area contributed by atoms with Crippen molar-refractivity contribution in [1.29, 1.82) is 0 Å². The number of hydrogen-bond acceptors (Lipinski definition) is 3. The number of phenols is 2. The van der Waals surface area contributed by atoms with Gasteiger partial charge in [0.1, 0.15) is 17.2 Å². The minimum absolute atomic E-state index is 0.0575. The summed E-state index contributed by atoms with van der Waals surface area (Å²) in [6, 6.07) is 17.7. The molecule has 4 nitrogen and oxygen atoms in total. The Morgan fingerprint density at radius 2 is 1.58 bits per heavy atom. The largest absolute Gasteiger partial charge is 0.507 e. The summed E-state index contributed by atoms with van der Waals surface area (Å²) in [4.78, 5) is 4.67. The van der Waals surface area contributed by atoms with Crippen LogP contribution in [0.1, 0.15) is 0 Å². The van der Waals surface area contributed by atoms with Crippen molar-refractivity contribution in [2.24, 2.45) is 0 Å². The van der Waals surface area contributed by atoms with Gasteiger partial charge < -0.3 is 10.2 Å². The second-order valence-electron chi connectivity index (χ2n) is 5.39. The van der Waals surface area contributed by atoms with Crippen molar-refractivity contribution in [3.63, 3.8) is 0 Å². The zero-order valence-corrected chi connectivity index (χ0v) is 13.3. The van der Waals surface area contributed by atoms with E-state index in [1.54, 1.807) is 36.4 Å². The molecule has 5 heteroatoms. The van der Waals surface area contributed by atoms with Crippen molar-refractivity contribution in [2.75, 3.05) is 0 Å². The molecule has 118 valence electrons. The van der Waals surface area contributed by atoms with Crippen molar-refractivity contribution in [2.45, 2.75) is 0 Å². The molecule has 0 aliphatic heterocycles. The lowest BCUT2D eigenvalue weighted by atomic mass is 10.1. The molecule has 0 atom stereocenters. The Morgan fingerprint density at radius 1 is 0.833 bits per heavy atom. The third kappa shape index (κ3) is 2.20.